The number of nitrogens with two attached hydrogens (primary N) is 1. The van der Waals surface area contributed by atoms with Crippen molar-refractivity contribution >= 4 is 10.0 Å². The molecule has 1 aromatic rings. The zero-order chi connectivity index (χ0) is 14.3. The first-order valence-corrected chi connectivity index (χ1v) is 7.72. The summed E-state index contributed by atoms with van der Waals surface area (Å²) in [7, 11) is -0.0167. The van der Waals surface area contributed by atoms with Crippen LogP contribution < -0.4 is 14.8 Å². The molecular formula is C12H20N2O4S. The Morgan fingerprint density at radius 3 is 2.21 bits per heavy atom. The van der Waals surface area contributed by atoms with Crippen LogP contribution in [0.15, 0.2) is 18.2 Å². The number of ether oxygens (including phenoxy) is 2. The summed E-state index contributed by atoms with van der Waals surface area (Å²) < 4.78 is 35.5. The molecule has 0 saturated heterocycles. The van der Waals surface area contributed by atoms with Crippen LogP contribution in [-0.4, -0.2) is 42.0 Å². The third-order valence-corrected chi connectivity index (χ3v) is 3.10. The predicted octanol–water partition coefficient (Wildman–Crippen LogP) is 0.101. The summed E-state index contributed by atoms with van der Waals surface area (Å²) in [5.74, 6) is 1.48. The van der Waals surface area contributed by atoms with Gasteiger partial charge in [0.15, 0.2) is 0 Å². The molecule has 2 N–H and O–H groups in total. The molecule has 0 unspecified atom stereocenters. The lowest BCUT2D eigenvalue weighted by Gasteiger charge is -2.14. The van der Waals surface area contributed by atoms with E-state index in [4.69, 9.17) is 9.47 Å². The largest absolute Gasteiger partial charge is 0.545 e. The molecule has 1 rings (SSSR count). The minimum absolute atomic E-state index is 0.292. The van der Waals surface area contributed by atoms with Gasteiger partial charge in [-0.1, -0.05) is 6.54 Å². The molecule has 0 radical (unpaired) electrons. The van der Waals surface area contributed by atoms with Crippen LogP contribution in [0.1, 0.15) is 5.56 Å². The molecule has 0 fully saturated rings. The maximum absolute atomic E-state index is 10.8. The molecule has 0 atom stereocenters. The van der Waals surface area contributed by atoms with Gasteiger partial charge >= 0.3 is 0 Å². The van der Waals surface area contributed by atoms with E-state index in [0.717, 1.165) is 23.3 Å². The average molecular weight is 288 g/mol. The Bertz CT molecular complexity index is 480. The number of hydrogen-bond acceptors (Lipinski definition) is 4. The molecule has 1 aromatic carbocycles. The van der Waals surface area contributed by atoms with Gasteiger partial charge in [-0.2, -0.15) is 0 Å². The number of nitrogens with zero attached hydrogens (tertiary/aromatic N) is 1. The maximum atomic E-state index is 10.8. The highest BCUT2D eigenvalue weighted by molar-refractivity contribution is 7.93. The van der Waals surface area contributed by atoms with E-state index in [9.17, 15) is 8.42 Å². The lowest BCUT2D eigenvalue weighted by atomic mass is 10.2. The van der Waals surface area contributed by atoms with E-state index in [2.05, 4.69) is 4.72 Å². The van der Waals surface area contributed by atoms with Gasteiger partial charge < -0.3 is 19.5 Å². The maximum Gasteiger partial charge on any atom is 0.123 e. The molecule has 0 bridgehead atoms. The molecule has 0 aliphatic carbocycles. The first kappa shape index (κ1) is 15.7. The van der Waals surface area contributed by atoms with Gasteiger partial charge in [0.05, 0.1) is 30.8 Å². The average Bonchev–Trinajstić information content (AvgIpc) is 2.36. The third kappa shape index (κ3) is 6.42. The summed E-state index contributed by atoms with van der Waals surface area (Å²) in [6, 6.07) is 5.65. The van der Waals surface area contributed by atoms with Gasteiger partial charge in [0.1, 0.15) is 18.0 Å². The Morgan fingerprint density at radius 2 is 1.74 bits per heavy atom. The van der Waals surface area contributed by atoms with Crippen molar-refractivity contribution in [3.8, 4) is 11.5 Å². The summed E-state index contributed by atoms with van der Waals surface area (Å²) in [6.45, 7) is 1.62. The second kappa shape index (κ2) is 7.32. The molecule has 0 heterocycles. The molecule has 0 saturated carbocycles. The van der Waals surface area contributed by atoms with Crippen molar-refractivity contribution in [3.05, 3.63) is 28.5 Å². The first-order chi connectivity index (χ1) is 8.94. The topological polar surface area (TPSA) is 83.3 Å². The standard InChI is InChI=1S/C12H19N2O4S/c1-17-11-6-10(7-12(8-11)18-2)9-13-4-5-14-19(3,15)16/h6-8,13H,4-5,9H2,1-3H3/q-1/p+1. The number of hydrogen-bond donors (Lipinski definition) is 1. The lowest BCUT2D eigenvalue weighted by molar-refractivity contribution is -0.667. The van der Waals surface area contributed by atoms with Crippen LogP contribution in [0.5, 0.6) is 11.5 Å². The van der Waals surface area contributed by atoms with Crippen molar-refractivity contribution < 1.29 is 23.2 Å². The highest BCUT2D eigenvalue weighted by atomic mass is 32.2. The zero-order valence-corrected chi connectivity index (χ0v) is 12.2. The van der Waals surface area contributed by atoms with Gasteiger partial charge in [-0.05, 0) is 12.1 Å². The molecule has 0 spiro atoms. The molecular weight excluding hydrogens is 268 g/mol. The molecule has 108 valence electrons. The second-order valence-electron chi connectivity index (χ2n) is 4.09. The number of methoxy groups -OCH3 is 2. The second-order valence-corrected chi connectivity index (χ2v) is 5.81. The Morgan fingerprint density at radius 1 is 1.16 bits per heavy atom. The molecule has 0 aliphatic heterocycles. The van der Waals surface area contributed by atoms with Crippen LogP contribution in [0.4, 0.5) is 0 Å². The number of rotatable bonds is 8. The van der Waals surface area contributed by atoms with E-state index < -0.39 is 10.0 Å². The summed E-state index contributed by atoms with van der Waals surface area (Å²) in [5.41, 5.74) is 1.05. The molecule has 0 amide bonds. The van der Waals surface area contributed by atoms with Crippen molar-refractivity contribution in [2.24, 2.45) is 0 Å². The van der Waals surface area contributed by atoms with Crippen molar-refractivity contribution in [1.29, 1.82) is 0 Å². The summed E-state index contributed by atoms with van der Waals surface area (Å²) in [4.78, 5) is 0. The SMILES string of the molecule is COc1cc(C[NH2+]CC[N-]S(C)(=O)=O)cc(OC)c1. The normalized spacial score (nSPS) is 11.3. The monoisotopic (exact) mass is 288 g/mol. The van der Waals surface area contributed by atoms with Gasteiger partial charge in [0, 0.05) is 17.9 Å². The van der Waals surface area contributed by atoms with Crippen LogP contribution in [-0.2, 0) is 16.6 Å². The Balaban J connectivity index is 2.44. The van der Waals surface area contributed by atoms with Crippen molar-refractivity contribution in [1.82, 2.24) is 0 Å². The van der Waals surface area contributed by atoms with Gasteiger partial charge in [-0.3, -0.25) is 0 Å². The Kier molecular flexibility index (Phi) is 6.07. The lowest BCUT2D eigenvalue weighted by Crippen LogP contribution is -2.83. The summed E-state index contributed by atoms with van der Waals surface area (Å²) in [6.07, 6.45) is 1.10. The van der Waals surface area contributed by atoms with E-state index >= 15 is 0 Å². The fraction of sp³-hybridized carbons (Fsp3) is 0.500. The molecule has 7 heteroatoms. The van der Waals surface area contributed by atoms with Crippen molar-refractivity contribution in [3.63, 3.8) is 0 Å². The van der Waals surface area contributed by atoms with Crippen molar-refractivity contribution in [2.75, 3.05) is 33.6 Å². The van der Waals surface area contributed by atoms with E-state index in [-0.39, 0.29) is 0 Å². The minimum atomic E-state index is -3.23. The quantitative estimate of drug-likeness (QED) is 0.688. The Hall–Kier alpha value is -1.31. The summed E-state index contributed by atoms with van der Waals surface area (Å²) >= 11 is 0. The highest BCUT2D eigenvalue weighted by Crippen LogP contribution is 2.21. The Labute approximate surface area is 114 Å². The molecule has 6 nitrogen and oxygen atoms in total. The van der Waals surface area contributed by atoms with E-state index in [0.29, 0.717) is 19.6 Å². The molecule has 0 aromatic heterocycles. The van der Waals surface area contributed by atoms with E-state index in [1.165, 1.54) is 0 Å². The first-order valence-electron chi connectivity index (χ1n) is 5.87. The third-order valence-electron chi connectivity index (χ3n) is 2.45. The molecule has 0 aliphatic rings. The predicted molar refractivity (Wildman–Crippen MR) is 73.1 cm³/mol. The van der Waals surface area contributed by atoms with Crippen LogP contribution in [0.3, 0.4) is 0 Å². The van der Waals surface area contributed by atoms with Gasteiger partial charge in [-0.15, -0.1) is 0 Å². The smallest absolute Gasteiger partial charge is 0.123 e. The molecule has 19 heavy (non-hydrogen) atoms. The van der Waals surface area contributed by atoms with Crippen LogP contribution in [0.2, 0.25) is 0 Å². The number of quaternary nitrogens is 1. The van der Waals surface area contributed by atoms with Gasteiger partial charge in [0.25, 0.3) is 0 Å². The highest BCUT2D eigenvalue weighted by Gasteiger charge is 2.02. The van der Waals surface area contributed by atoms with Crippen LogP contribution >= 0.6 is 0 Å². The van der Waals surface area contributed by atoms with E-state index in [1.54, 1.807) is 14.2 Å². The number of sulfonamides is 1. The van der Waals surface area contributed by atoms with Crippen molar-refractivity contribution in [2.45, 2.75) is 6.54 Å². The summed E-state index contributed by atoms with van der Waals surface area (Å²) in [5, 5.41) is 1.99. The fourth-order valence-electron chi connectivity index (χ4n) is 1.56. The van der Waals surface area contributed by atoms with Crippen LogP contribution in [0, 0.1) is 0 Å². The fourth-order valence-corrected chi connectivity index (χ4v) is 2.00. The number of benzene rings is 1. The van der Waals surface area contributed by atoms with Gasteiger partial charge in [-0.25, -0.2) is 8.42 Å². The van der Waals surface area contributed by atoms with Crippen LogP contribution in [0.25, 0.3) is 4.72 Å². The van der Waals surface area contributed by atoms with E-state index in [1.807, 2.05) is 23.5 Å². The zero-order valence-electron chi connectivity index (χ0n) is 11.4. The minimum Gasteiger partial charge on any atom is -0.545 e. The van der Waals surface area contributed by atoms with Gasteiger partial charge in [0.2, 0.25) is 0 Å².